The Morgan fingerprint density at radius 1 is 1.32 bits per heavy atom. The van der Waals surface area contributed by atoms with Crippen LogP contribution in [-0.4, -0.2) is 20.5 Å². The van der Waals surface area contributed by atoms with Crippen molar-refractivity contribution in [1.82, 2.24) is 14.6 Å². The molecule has 0 radical (unpaired) electrons. The molecule has 3 aromatic rings. The maximum Gasteiger partial charge on any atom is 0.261 e. The number of rotatable bonds is 2. The van der Waals surface area contributed by atoms with E-state index in [0.717, 1.165) is 11.4 Å². The number of hydrogen-bond donors (Lipinski definition) is 1. The molecule has 0 saturated heterocycles. The predicted octanol–water partition coefficient (Wildman–Crippen LogP) is 2.47. The number of aromatic nitrogens is 3. The number of fused-ring (bicyclic) bond motifs is 1. The largest absolute Gasteiger partial charge is 0.322 e. The zero-order valence-electron chi connectivity index (χ0n) is 12.2. The number of nitrogens with one attached hydrogen (secondary N) is 1. The van der Waals surface area contributed by atoms with Gasteiger partial charge in [0.25, 0.3) is 5.91 Å². The van der Waals surface area contributed by atoms with E-state index in [-0.39, 0.29) is 5.91 Å². The first kappa shape index (κ1) is 13.8. The fraction of sp³-hybridized carbons (Fsp3) is 0.125. The fourth-order valence-electron chi connectivity index (χ4n) is 2.30. The van der Waals surface area contributed by atoms with Gasteiger partial charge in [0.05, 0.1) is 17.8 Å². The molecular formula is C16H13N5O. The lowest BCUT2D eigenvalue weighted by atomic mass is 10.2. The number of amides is 1. The molecule has 6 nitrogen and oxygen atoms in total. The quantitative estimate of drug-likeness (QED) is 0.786. The molecule has 1 N–H and O–H groups in total. The van der Waals surface area contributed by atoms with Crippen molar-refractivity contribution in [3.05, 3.63) is 59.0 Å². The van der Waals surface area contributed by atoms with Crippen molar-refractivity contribution in [3.63, 3.8) is 0 Å². The molecule has 0 atom stereocenters. The second-order valence-corrected chi connectivity index (χ2v) is 4.98. The van der Waals surface area contributed by atoms with Crippen LogP contribution < -0.4 is 5.32 Å². The Morgan fingerprint density at radius 2 is 2.14 bits per heavy atom. The highest BCUT2D eigenvalue weighted by Crippen LogP contribution is 2.15. The van der Waals surface area contributed by atoms with Crippen LogP contribution in [0.2, 0.25) is 0 Å². The van der Waals surface area contributed by atoms with Crippen LogP contribution in [0.25, 0.3) is 5.65 Å². The van der Waals surface area contributed by atoms with E-state index >= 15 is 0 Å². The highest BCUT2D eigenvalue weighted by Gasteiger charge is 2.15. The highest BCUT2D eigenvalue weighted by atomic mass is 16.1. The monoisotopic (exact) mass is 291 g/mol. The molecule has 6 heteroatoms. The number of anilines is 1. The van der Waals surface area contributed by atoms with E-state index in [1.54, 1.807) is 28.8 Å². The standard InChI is InChI=1S/C16H13N5O/c1-10-6-11(2)21-15(19-10)14(9-18-21)16(22)20-13-5-3-4-12(7-13)8-17/h3-7,9H,1-2H3,(H,20,22). The van der Waals surface area contributed by atoms with Crippen LogP contribution >= 0.6 is 0 Å². The van der Waals surface area contributed by atoms with Crippen molar-refractivity contribution in [1.29, 1.82) is 5.26 Å². The average Bonchev–Trinajstić information content (AvgIpc) is 2.91. The predicted molar refractivity (Wildman–Crippen MR) is 81.6 cm³/mol. The van der Waals surface area contributed by atoms with Gasteiger partial charge in [-0.25, -0.2) is 9.50 Å². The summed E-state index contributed by atoms with van der Waals surface area (Å²) in [5.41, 5.74) is 3.70. The normalized spacial score (nSPS) is 10.4. The van der Waals surface area contributed by atoms with Crippen molar-refractivity contribution in [3.8, 4) is 6.07 Å². The Kier molecular flexibility index (Phi) is 3.31. The third-order valence-corrected chi connectivity index (χ3v) is 3.27. The van der Waals surface area contributed by atoms with Gasteiger partial charge >= 0.3 is 0 Å². The molecule has 0 spiro atoms. The number of benzene rings is 1. The van der Waals surface area contributed by atoms with Gasteiger partial charge in [-0.15, -0.1) is 0 Å². The van der Waals surface area contributed by atoms with Gasteiger partial charge in [0, 0.05) is 17.1 Å². The molecule has 1 amide bonds. The minimum absolute atomic E-state index is 0.303. The molecule has 1 aromatic carbocycles. The highest BCUT2D eigenvalue weighted by molar-refractivity contribution is 6.08. The van der Waals surface area contributed by atoms with Gasteiger partial charge in [-0.3, -0.25) is 4.79 Å². The number of aryl methyl sites for hydroxylation is 2. The molecule has 2 heterocycles. The molecule has 108 valence electrons. The van der Waals surface area contributed by atoms with Gasteiger partial charge in [0.15, 0.2) is 5.65 Å². The Balaban J connectivity index is 1.97. The second kappa shape index (κ2) is 5.30. The van der Waals surface area contributed by atoms with Crippen molar-refractivity contribution >= 4 is 17.2 Å². The Labute approximate surface area is 127 Å². The summed E-state index contributed by atoms with van der Waals surface area (Å²) >= 11 is 0. The molecule has 0 aliphatic rings. The number of nitrogens with zero attached hydrogens (tertiary/aromatic N) is 4. The third-order valence-electron chi connectivity index (χ3n) is 3.27. The van der Waals surface area contributed by atoms with Crippen molar-refractivity contribution < 1.29 is 4.79 Å². The molecule has 2 aromatic heterocycles. The number of hydrogen-bond acceptors (Lipinski definition) is 4. The lowest BCUT2D eigenvalue weighted by Gasteiger charge is -2.05. The number of nitriles is 1. The molecule has 22 heavy (non-hydrogen) atoms. The van der Waals surface area contributed by atoms with Crippen LogP contribution in [0.5, 0.6) is 0 Å². The summed E-state index contributed by atoms with van der Waals surface area (Å²) in [6.45, 7) is 3.78. The summed E-state index contributed by atoms with van der Waals surface area (Å²) in [6, 6.07) is 10.7. The van der Waals surface area contributed by atoms with Crippen LogP contribution in [0.15, 0.2) is 36.5 Å². The minimum atomic E-state index is -0.303. The van der Waals surface area contributed by atoms with Crippen molar-refractivity contribution in [2.75, 3.05) is 5.32 Å². The third kappa shape index (κ3) is 2.40. The Bertz CT molecular complexity index is 920. The van der Waals surface area contributed by atoms with Gasteiger partial charge in [0.2, 0.25) is 0 Å². The van der Waals surface area contributed by atoms with Crippen LogP contribution in [-0.2, 0) is 0 Å². The van der Waals surface area contributed by atoms with Gasteiger partial charge < -0.3 is 5.32 Å². The smallest absolute Gasteiger partial charge is 0.261 e. The maximum atomic E-state index is 12.4. The molecular weight excluding hydrogens is 278 g/mol. The molecule has 0 bridgehead atoms. The Morgan fingerprint density at radius 3 is 2.91 bits per heavy atom. The summed E-state index contributed by atoms with van der Waals surface area (Å²) in [6.07, 6.45) is 1.50. The van der Waals surface area contributed by atoms with E-state index in [2.05, 4.69) is 15.4 Å². The van der Waals surface area contributed by atoms with Crippen LogP contribution in [0.4, 0.5) is 5.69 Å². The Hall–Kier alpha value is -3.20. The number of carbonyl (C=O) groups excluding carboxylic acids is 1. The minimum Gasteiger partial charge on any atom is -0.322 e. The van der Waals surface area contributed by atoms with Crippen LogP contribution in [0.3, 0.4) is 0 Å². The van der Waals surface area contributed by atoms with E-state index in [1.807, 2.05) is 26.0 Å². The second-order valence-electron chi connectivity index (χ2n) is 4.98. The summed E-state index contributed by atoms with van der Waals surface area (Å²) in [7, 11) is 0. The van der Waals surface area contributed by atoms with E-state index < -0.39 is 0 Å². The SMILES string of the molecule is Cc1cc(C)n2ncc(C(=O)Nc3cccc(C#N)c3)c2n1. The first-order chi connectivity index (χ1) is 10.6. The van der Waals surface area contributed by atoms with Crippen LogP contribution in [0.1, 0.15) is 27.3 Å². The van der Waals surface area contributed by atoms with Gasteiger partial charge in [0.1, 0.15) is 5.56 Å². The summed E-state index contributed by atoms with van der Waals surface area (Å²) in [4.78, 5) is 16.8. The lowest BCUT2D eigenvalue weighted by Crippen LogP contribution is -2.12. The molecule has 0 aliphatic heterocycles. The molecule has 0 aliphatic carbocycles. The first-order valence-electron chi connectivity index (χ1n) is 6.72. The fourth-order valence-corrected chi connectivity index (χ4v) is 2.30. The molecule has 3 rings (SSSR count). The number of carbonyl (C=O) groups is 1. The zero-order valence-corrected chi connectivity index (χ0v) is 12.2. The van der Waals surface area contributed by atoms with E-state index in [1.165, 1.54) is 6.20 Å². The summed E-state index contributed by atoms with van der Waals surface area (Å²) in [5, 5.41) is 15.9. The molecule has 0 saturated carbocycles. The van der Waals surface area contributed by atoms with Crippen LogP contribution in [0, 0.1) is 25.2 Å². The average molecular weight is 291 g/mol. The van der Waals surface area contributed by atoms with Gasteiger partial charge in [-0.1, -0.05) is 6.07 Å². The van der Waals surface area contributed by atoms with Crippen molar-refractivity contribution in [2.24, 2.45) is 0 Å². The summed E-state index contributed by atoms with van der Waals surface area (Å²) in [5.74, 6) is -0.303. The first-order valence-corrected chi connectivity index (χ1v) is 6.72. The molecule has 0 fully saturated rings. The van der Waals surface area contributed by atoms with Gasteiger partial charge in [-0.05, 0) is 38.1 Å². The van der Waals surface area contributed by atoms with Crippen molar-refractivity contribution in [2.45, 2.75) is 13.8 Å². The zero-order chi connectivity index (χ0) is 15.7. The van der Waals surface area contributed by atoms with E-state index in [0.29, 0.717) is 22.5 Å². The summed E-state index contributed by atoms with van der Waals surface area (Å²) < 4.78 is 1.63. The maximum absolute atomic E-state index is 12.4. The molecule has 0 unspecified atom stereocenters. The van der Waals surface area contributed by atoms with E-state index in [4.69, 9.17) is 5.26 Å². The topological polar surface area (TPSA) is 83.1 Å². The van der Waals surface area contributed by atoms with E-state index in [9.17, 15) is 4.79 Å². The van der Waals surface area contributed by atoms with Gasteiger partial charge in [-0.2, -0.15) is 10.4 Å². The lowest BCUT2D eigenvalue weighted by molar-refractivity contribution is 0.102.